The first-order valence-electron chi connectivity index (χ1n) is 44.3. The molecule has 26 heteroatoms. The molecule has 4 heterocycles. The van der Waals surface area contributed by atoms with Gasteiger partial charge in [-0.25, -0.2) is 0 Å². The number of rotatable bonds is 36. The van der Waals surface area contributed by atoms with Gasteiger partial charge in [0.05, 0.1) is 125 Å². The van der Waals surface area contributed by atoms with Crippen LogP contribution < -0.4 is 57.5 Å². The molecule has 16 rings (SSSR count). The van der Waals surface area contributed by atoms with E-state index in [1.54, 1.807) is 107 Å². The zero-order valence-corrected chi connectivity index (χ0v) is 74.2. The fraction of sp³-hybridized carbons (Fsp3) is 0.314. The third kappa shape index (κ3) is 20.6. The van der Waals surface area contributed by atoms with Gasteiger partial charge in [-0.05, 0) is 124 Å². The second-order valence-electron chi connectivity index (χ2n) is 31.5. The maximum absolute atomic E-state index is 13.7. The number of nitrogens with zero attached hydrogens (tertiary/aromatic N) is 4. The van der Waals surface area contributed by atoms with Crippen molar-refractivity contribution in [1.29, 1.82) is 0 Å². The summed E-state index contributed by atoms with van der Waals surface area (Å²) in [6.45, 7) is 20.4. The topological polar surface area (TPSA) is 345 Å². The number of carbonyl (C=O) groups is 8. The van der Waals surface area contributed by atoms with Crippen molar-refractivity contribution in [1.82, 2.24) is 0 Å². The molecule has 12 aromatic carbocycles. The van der Waals surface area contributed by atoms with Crippen LogP contribution in [0.15, 0.2) is 194 Å². The molecule has 0 aliphatic carbocycles. The molecule has 0 fully saturated rings. The highest BCUT2D eigenvalue weighted by Crippen LogP contribution is 2.54. The van der Waals surface area contributed by atoms with Crippen molar-refractivity contribution in [3.05, 3.63) is 261 Å². The smallest absolute Gasteiger partial charge is 0.307 e. The van der Waals surface area contributed by atoms with E-state index < -0.39 is 42.2 Å². The van der Waals surface area contributed by atoms with Crippen LogP contribution in [0.1, 0.15) is 213 Å². The molecule has 4 aliphatic rings. The number of amides is 4. The van der Waals surface area contributed by atoms with E-state index in [0.29, 0.717) is 179 Å². The van der Waals surface area contributed by atoms with Crippen LogP contribution in [-0.2, 0) is 58.0 Å². The Morgan fingerprint density at radius 1 is 0.290 bits per heavy atom. The van der Waals surface area contributed by atoms with E-state index in [4.69, 9.17) is 58.3 Å². The SMILES string of the molecule is C.CCCCOc1c2c(c(OCC)c3ccccc13)C(=O)N(c1ccc(CC(=O)O)cc1)C2.CCCCOc1c2c(c(OCC)c3ccccc13)C(=O)N(c1ccc(CC(=O)O)cc1)C2O.CCCCOc1c2c(c(OCC)c3ccccc13)C(O)N(c1ccc(CC(=O)O)cc1)C2=O.CCCCOc1c2c(c(OCC)c3ccccc13)CN(c1ccc(CC(=O)O)cc1)C2=O. The molecule has 2 atom stereocenters. The number of aliphatic carboxylic acids is 4. The van der Waals surface area contributed by atoms with Gasteiger partial charge in [-0.3, -0.25) is 48.2 Å². The summed E-state index contributed by atoms with van der Waals surface area (Å²) in [6.07, 6.45) is 4.55. The van der Waals surface area contributed by atoms with Gasteiger partial charge < -0.3 is 78.3 Å². The summed E-state index contributed by atoms with van der Waals surface area (Å²) in [4.78, 5) is 104. The minimum atomic E-state index is -1.27. The Morgan fingerprint density at radius 2 is 0.511 bits per heavy atom. The van der Waals surface area contributed by atoms with Crippen LogP contribution in [-0.4, -0.2) is 131 Å². The Hall–Kier alpha value is -14.2. The second kappa shape index (κ2) is 44.2. The van der Waals surface area contributed by atoms with Crippen LogP contribution in [0.25, 0.3) is 43.1 Å². The number of aliphatic hydroxyl groups excluding tert-OH is 2. The molecule has 26 nitrogen and oxygen atoms in total. The van der Waals surface area contributed by atoms with E-state index >= 15 is 0 Å². The van der Waals surface area contributed by atoms with Gasteiger partial charge >= 0.3 is 23.9 Å². The van der Waals surface area contributed by atoms with E-state index in [0.717, 1.165) is 117 Å². The fourth-order valence-corrected chi connectivity index (χ4v) is 16.6. The van der Waals surface area contributed by atoms with Crippen LogP contribution in [0.5, 0.6) is 46.0 Å². The molecule has 2 unspecified atom stereocenters. The molecule has 0 saturated carbocycles. The third-order valence-corrected chi connectivity index (χ3v) is 22.7. The summed E-state index contributed by atoms with van der Waals surface area (Å²) in [5.74, 6) is -0.183. The van der Waals surface area contributed by atoms with Gasteiger partial charge in [-0.1, -0.05) is 206 Å². The van der Waals surface area contributed by atoms with Crippen LogP contribution in [0, 0.1) is 0 Å². The van der Waals surface area contributed by atoms with Gasteiger partial charge in [0.1, 0.15) is 46.0 Å². The number of carbonyl (C=O) groups excluding carboxylic acids is 4. The van der Waals surface area contributed by atoms with Gasteiger partial charge in [0, 0.05) is 77.0 Å². The van der Waals surface area contributed by atoms with Gasteiger partial charge in [0.15, 0.2) is 12.5 Å². The van der Waals surface area contributed by atoms with Crippen molar-refractivity contribution in [2.45, 2.75) is 165 Å². The number of carboxylic acids is 4. The Bertz CT molecular complexity index is 6060. The molecule has 0 radical (unpaired) electrons. The summed E-state index contributed by atoms with van der Waals surface area (Å²) in [6, 6.07) is 58.1. The number of carboxylic acid groups (broad SMARTS) is 4. The minimum absolute atomic E-state index is 0. The summed E-state index contributed by atoms with van der Waals surface area (Å²) in [5, 5.41) is 65.4. The average molecular weight is 1780 g/mol. The number of ether oxygens (including phenoxy) is 8. The highest BCUT2D eigenvalue weighted by molar-refractivity contribution is 6.21. The van der Waals surface area contributed by atoms with Crippen LogP contribution in [0.2, 0.25) is 0 Å². The molecule has 0 spiro atoms. The summed E-state index contributed by atoms with van der Waals surface area (Å²) in [5.41, 5.74) is 9.09. The molecule has 684 valence electrons. The largest absolute Gasteiger partial charge is 0.493 e. The monoisotopic (exact) mass is 1780 g/mol. The fourth-order valence-electron chi connectivity index (χ4n) is 16.6. The number of fused-ring (bicyclic) bond motifs is 8. The van der Waals surface area contributed by atoms with Gasteiger partial charge in [0.25, 0.3) is 23.6 Å². The van der Waals surface area contributed by atoms with Crippen LogP contribution in [0.4, 0.5) is 22.7 Å². The predicted molar refractivity (Wildman–Crippen MR) is 505 cm³/mol. The van der Waals surface area contributed by atoms with Crippen molar-refractivity contribution >= 4 is 113 Å². The lowest BCUT2D eigenvalue weighted by molar-refractivity contribution is -0.137. The highest BCUT2D eigenvalue weighted by atomic mass is 16.5. The Kier molecular flexibility index (Phi) is 32.3. The van der Waals surface area contributed by atoms with E-state index in [1.165, 1.54) is 9.80 Å². The quantitative estimate of drug-likeness (QED) is 0.0199. The molecule has 0 saturated heterocycles. The van der Waals surface area contributed by atoms with Crippen molar-refractivity contribution in [2.24, 2.45) is 0 Å². The van der Waals surface area contributed by atoms with E-state index in [-0.39, 0.29) is 50.8 Å². The molecular weight excluding hydrogens is 1670 g/mol. The normalized spacial score (nSPS) is 13.8. The van der Waals surface area contributed by atoms with E-state index in [9.17, 15) is 48.6 Å². The van der Waals surface area contributed by atoms with Crippen LogP contribution in [0.3, 0.4) is 0 Å². The Balaban J connectivity index is 0.000000157. The lowest BCUT2D eigenvalue weighted by Gasteiger charge is -2.22. The minimum Gasteiger partial charge on any atom is -0.493 e. The van der Waals surface area contributed by atoms with Crippen molar-refractivity contribution in [3.8, 4) is 46.0 Å². The molecular formula is C105H112N4O22. The van der Waals surface area contributed by atoms with Crippen molar-refractivity contribution < 1.29 is 107 Å². The predicted octanol–water partition coefficient (Wildman–Crippen LogP) is 20.4. The zero-order chi connectivity index (χ0) is 92.4. The Labute approximate surface area is 761 Å². The van der Waals surface area contributed by atoms with Gasteiger partial charge in [-0.2, -0.15) is 0 Å². The number of unbranched alkanes of at least 4 members (excludes halogenated alkanes) is 4. The molecule has 131 heavy (non-hydrogen) atoms. The summed E-state index contributed by atoms with van der Waals surface area (Å²) >= 11 is 0. The standard InChI is InChI=1S/2C26H27NO6.2C26H27NO5.CH4/c2*1-3-5-14-33-24-19-9-7-6-8-18(19)23(32-4-2)21-22(24)26(31)27(25(21)30)17-12-10-16(11-13-17)15-20(28)29;1-3-5-14-32-24-19-8-6-7-9-20(19)25(31-4-2)23-21(24)16-27(26(23)30)18-12-10-17(11-13-18)15-22(28)29;1-3-5-14-32-25-20-9-7-6-8-19(20)24(31-4-2)21-16-27(26(30)23(21)25)18-12-10-17(11-13-18)15-22(28)29;/h6-13,26,31H,3-5,14-15H2,1-2H3,(H,28,29);6-13,25,30H,3-5,14-15H2,1-2H3,(H,28,29);2*6-13H,3-5,14-16H2,1-2H3,(H,28,29);1H4. The lowest BCUT2D eigenvalue weighted by atomic mass is 9.98. The highest BCUT2D eigenvalue weighted by Gasteiger charge is 2.46. The zero-order valence-electron chi connectivity index (χ0n) is 74.2. The number of aliphatic hydroxyl groups is 2. The molecule has 4 amide bonds. The molecule has 6 N–H and O–H groups in total. The van der Waals surface area contributed by atoms with Crippen molar-refractivity contribution in [3.63, 3.8) is 0 Å². The first kappa shape index (κ1) is 95.9. The Morgan fingerprint density at radius 3 is 0.802 bits per heavy atom. The molecule has 0 bridgehead atoms. The van der Waals surface area contributed by atoms with Crippen LogP contribution >= 0.6 is 0 Å². The van der Waals surface area contributed by atoms with Crippen molar-refractivity contribution in [2.75, 3.05) is 72.5 Å². The number of benzene rings is 12. The first-order valence-corrected chi connectivity index (χ1v) is 44.3. The number of hydrogen-bond donors (Lipinski definition) is 6. The van der Waals surface area contributed by atoms with E-state index in [2.05, 4.69) is 27.7 Å². The van der Waals surface area contributed by atoms with Gasteiger partial charge in [0.2, 0.25) is 0 Å². The maximum atomic E-state index is 13.7. The molecule has 4 aliphatic heterocycles. The third-order valence-electron chi connectivity index (χ3n) is 22.7. The first-order chi connectivity index (χ1) is 63.0. The summed E-state index contributed by atoms with van der Waals surface area (Å²) in [7, 11) is 0. The molecule has 0 aromatic heterocycles. The van der Waals surface area contributed by atoms with Gasteiger partial charge in [-0.15, -0.1) is 0 Å². The average Bonchev–Trinajstić information content (AvgIpc) is 1.58. The van der Waals surface area contributed by atoms with E-state index in [1.807, 2.05) is 125 Å². The lowest BCUT2D eigenvalue weighted by Crippen LogP contribution is -2.27. The maximum Gasteiger partial charge on any atom is 0.307 e. The summed E-state index contributed by atoms with van der Waals surface area (Å²) < 4.78 is 48.6. The number of anilines is 4. The molecule has 12 aromatic rings. The second-order valence-corrected chi connectivity index (χ2v) is 31.5. The number of hydrogen-bond acceptors (Lipinski definition) is 18.